The van der Waals surface area contributed by atoms with Gasteiger partial charge in [-0.2, -0.15) is 0 Å². The first-order chi connectivity index (χ1) is 20.8. The molecule has 7 aromatic carbocycles. The first kappa shape index (κ1) is 21.8. The van der Waals surface area contributed by atoms with Gasteiger partial charge >= 0.3 is 0 Å². The molecule has 0 radical (unpaired) electrons. The Morgan fingerprint density at radius 3 is 1.29 bits per heavy atom. The van der Waals surface area contributed by atoms with Crippen molar-refractivity contribution in [2.75, 3.05) is 0 Å². The van der Waals surface area contributed by atoms with Crippen LogP contribution in [0.15, 0.2) is 109 Å². The van der Waals surface area contributed by atoms with Gasteiger partial charge in [0.2, 0.25) is 0 Å². The monoisotopic (exact) mass is 530 g/mol. The topological polar surface area (TPSA) is 0 Å². The van der Waals surface area contributed by atoms with Gasteiger partial charge in [0.25, 0.3) is 0 Å². The van der Waals surface area contributed by atoms with Gasteiger partial charge in [0.15, 0.2) is 0 Å². The Morgan fingerprint density at radius 2 is 0.690 bits per heavy atom. The van der Waals surface area contributed by atoms with Crippen LogP contribution in [0.3, 0.4) is 0 Å². The molecule has 0 N–H and O–H groups in total. The minimum atomic E-state index is 1.05. The molecule has 0 heterocycles. The highest BCUT2D eigenvalue weighted by Gasteiger charge is 2.34. The summed E-state index contributed by atoms with van der Waals surface area (Å²) in [5.41, 5.74) is 24.0. The van der Waals surface area contributed by atoms with Crippen LogP contribution in [0.1, 0.15) is 44.5 Å². The van der Waals surface area contributed by atoms with Crippen molar-refractivity contribution >= 4 is 21.5 Å². The lowest BCUT2D eigenvalue weighted by atomic mass is 9.95. The fraction of sp³-hybridized carbons (Fsp3) is 0.0952. The molecule has 0 spiro atoms. The summed E-state index contributed by atoms with van der Waals surface area (Å²) in [6.07, 6.45) is 4.22. The summed E-state index contributed by atoms with van der Waals surface area (Å²) in [6, 6.07) is 41.7. The number of fused-ring (bicyclic) bond motifs is 18. The van der Waals surface area contributed by atoms with E-state index in [1.54, 1.807) is 33.4 Å². The Bertz CT molecular complexity index is 2400. The molecule has 0 atom stereocenters. The van der Waals surface area contributed by atoms with Crippen molar-refractivity contribution in [1.82, 2.24) is 0 Å². The first-order valence-electron chi connectivity index (χ1n) is 15.3. The zero-order valence-electron chi connectivity index (χ0n) is 23.2. The van der Waals surface area contributed by atoms with Crippen LogP contribution in [0.2, 0.25) is 0 Å². The maximum atomic E-state index is 2.43. The summed E-state index contributed by atoms with van der Waals surface area (Å²) >= 11 is 0. The van der Waals surface area contributed by atoms with E-state index in [9.17, 15) is 0 Å². The van der Waals surface area contributed by atoms with Gasteiger partial charge in [0.1, 0.15) is 0 Å². The molecule has 7 aromatic rings. The van der Waals surface area contributed by atoms with Gasteiger partial charge in [0, 0.05) is 0 Å². The molecule has 4 aliphatic rings. The highest BCUT2D eigenvalue weighted by atomic mass is 14.4. The van der Waals surface area contributed by atoms with Crippen molar-refractivity contribution in [2.24, 2.45) is 0 Å². The summed E-state index contributed by atoms with van der Waals surface area (Å²) in [7, 11) is 0. The molecule has 0 aromatic heterocycles. The molecule has 4 aliphatic carbocycles. The van der Waals surface area contributed by atoms with E-state index in [1.807, 2.05) is 0 Å². The summed E-state index contributed by atoms with van der Waals surface area (Å²) in [5.74, 6) is 0. The van der Waals surface area contributed by atoms with Crippen LogP contribution in [0.5, 0.6) is 0 Å². The predicted octanol–water partition coefficient (Wildman–Crippen LogP) is 10.3. The highest BCUT2D eigenvalue weighted by molar-refractivity contribution is 5.98. The van der Waals surface area contributed by atoms with Crippen LogP contribution in [-0.2, 0) is 25.7 Å². The van der Waals surface area contributed by atoms with Gasteiger partial charge in [-0.15, -0.1) is 0 Å². The maximum absolute atomic E-state index is 2.43. The van der Waals surface area contributed by atoms with Gasteiger partial charge < -0.3 is 0 Å². The van der Waals surface area contributed by atoms with Crippen LogP contribution in [0.4, 0.5) is 0 Å². The number of benzene rings is 7. The number of hydrogen-bond acceptors (Lipinski definition) is 0. The van der Waals surface area contributed by atoms with Crippen LogP contribution < -0.4 is 0 Å². The molecule has 0 fully saturated rings. The average Bonchev–Trinajstić information content (AvgIpc) is 3.79. The lowest BCUT2D eigenvalue weighted by molar-refractivity contribution is 1.11. The van der Waals surface area contributed by atoms with E-state index >= 15 is 0 Å². The third-order valence-electron chi connectivity index (χ3n) is 10.9. The summed E-state index contributed by atoms with van der Waals surface area (Å²) in [5, 5.41) is 5.45. The van der Waals surface area contributed by atoms with Crippen LogP contribution in [0.25, 0.3) is 66.1 Å². The standard InChI is InChI=1S/C42H26/c1-2-7-25-18-35-26(17-24(25)6-1)19-36-34(35)16-15-30-31-13-14-33-32-12-11-29-28-10-9-23-5-3-4-8-27(23)37(28)20-39(29)41(32)22-42(33)40(31)21-38(30)36/h1-18H,19-22H2. The second kappa shape index (κ2) is 7.46. The van der Waals surface area contributed by atoms with Crippen molar-refractivity contribution < 1.29 is 0 Å². The molecule has 11 rings (SSSR count). The fourth-order valence-electron chi connectivity index (χ4n) is 8.99. The molecule has 0 heteroatoms. The second-order valence-corrected chi connectivity index (χ2v) is 12.7. The highest BCUT2D eigenvalue weighted by Crippen LogP contribution is 2.53. The molecule has 0 saturated heterocycles. The van der Waals surface area contributed by atoms with Crippen molar-refractivity contribution in [3.63, 3.8) is 0 Å². The number of rotatable bonds is 0. The zero-order valence-corrected chi connectivity index (χ0v) is 23.2. The van der Waals surface area contributed by atoms with E-state index in [-0.39, 0.29) is 0 Å². The molecule has 0 unspecified atom stereocenters. The Hall–Kier alpha value is -4.94. The minimum Gasteiger partial charge on any atom is -0.0616 e. The van der Waals surface area contributed by atoms with E-state index in [0.29, 0.717) is 0 Å². The Balaban J connectivity index is 1.02. The predicted molar refractivity (Wildman–Crippen MR) is 174 cm³/mol. The SMILES string of the molecule is c1ccc2cc3c(cc2c1)Cc1c-3ccc2c1Cc1c-2ccc2c1Cc1c-2ccc2c1Cc1c-2ccc2ccccc12. The lowest BCUT2D eigenvalue weighted by Gasteiger charge is -2.09. The van der Waals surface area contributed by atoms with Gasteiger partial charge in [-0.3, -0.25) is 0 Å². The Labute approximate surface area is 244 Å². The summed E-state index contributed by atoms with van der Waals surface area (Å²) < 4.78 is 0. The molecular weight excluding hydrogens is 504 g/mol. The van der Waals surface area contributed by atoms with Crippen molar-refractivity contribution in [3.8, 4) is 44.5 Å². The molecule has 0 amide bonds. The third kappa shape index (κ3) is 2.60. The Morgan fingerprint density at radius 1 is 0.286 bits per heavy atom. The van der Waals surface area contributed by atoms with Crippen molar-refractivity contribution in [1.29, 1.82) is 0 Å². The number of hydrogen-bond donors (Lipinski definition) is 0. The van der Waals surface area contributed by atoms with Crippen molar-refractivity contribution in [2.45, 2.75) is 25.7 Å². The van der Waals surface area contributed by atoms with E-state index in [1.165, 1.54) is 77.2 Å². The quantitative estimate of drug-likeness (QED) is 0.183. The van der Waals surface area contributed by atoms with Crippen LogP contribution in [0, 0.1) is 0 Å². The maximum Gasteiger partial charge on any atom is -0.000421 e. The van der Waals surface area contributed by atoms with E-state index < -0.39 is 0 Å². The largest absolute Gasteiger partial charge is 0.0616 e. The normalized spacial score (nSPS) is 14.3. The molecule has 0 aliphatic heterocycles. The fourth-order valence-corrected chi connectivity index (χ4v) is 8.99. The Kier molecular flexibility index (Phi) is 3.87. The third-order valence-corrected chi connectivity index (χ3v) is 10.9. The molecule has 0 saturated carbocycles. The van der Waals surface area contributed by atoms with Gasteiger partial charge in [0.05, 0.1) is 0 Å². The van der Waals surface area contributed by atoms with E-state index in [4.69, 9.17) is 0 Å². The minimum absolute atomic E-state index is 1.05. The van der Waals surface area contributed by atoms with Gasteiger partial charge in [-0.05, 0) is 142 Å². The van der Waals surface area contributed by atoms with Crippen molar-refractivity contribution in [3.05, 3.63) is 154 Å². The van der Waals surface area contributed by atoms with Crippen LogP contribution >= 0.6 is 0 Å². The smallest absolute Gasteiger partial charge is 0.000421 e. The summed E-state index contributed by atoms with van der Waals surface area (Å²) in [6.45, 7) is 0. The molecular formula is C42H26. The first-order valence-corrected chi connectivity index (χ1v) is 15.3. The zero-order chi connectivity index (χ0) is 27.1. The second-order valence-electron chi connectivity index (χ2n) is 12.7. The molecule has 0 bridgehead atoms. The van der Waals surface area contributed by atoms with E-state index in [2.05, 4.69) is 109 Å². The van der Waals surface area contributed by atoms with E-state index in [0.717, 1.165) is 25.7 Å². The molecule has 194 valence electrons. The van der Waals surface area contributed by atoms with Crippen LogP contribution in [-0.4, -0.2) is 0 Å². The lowest BCUT2D eigenvalue weighted by Crippen LogP contribution is -1.94. The summed E-state index contributed by atoms with van der Waals surface area (Å²) in [4.78, 5) is 0. The molecule has 0 nitrogen and oxygen atoms in total. The van der Waals surface area contributed by atoms with Gasteiger partial charge in [-0.1, -0.05) is 103 Å². The average molecular weight is 531 g/mol. The molecule has 42 heavy (non-hydrogen) atoms. The van der Waals surface area contributed by atoms with Gasteiger partial charge in [-0.25, -0.2) is 0 Å².